The summed E-state index contributed by atoms with van der Waals surface area (Å²) in [5.74, 6) is 0.00842. The molecule has 0 aliphatic heterocycles. The van der Waals surface area contributed by atoms with Gasteiger partial charge in [-0.2, -0.15) is 0 Å². The SMILES string of the molecule is CCCN(Cc1ccc(C)cc1)C(=O)C(C)Cl. The average molecular weight is 254 g/mol. The molecule has 0 N–H and O–H groups in total. The maximum atomic E-state index is 11.9. The van der Waals surface area contributed by atoms with Crippen LogP contribution >= 0.6 is 11.6 Å². The van der Waals surface area contributed by atoms with Gasteiger partial charge in [-0.25, -0.2) is 0 Å². The summed E-state index contributed by atoms with van der Waals surface area (Å²) in [5, 5.41) is -0.452. The van der Waals surface area contributed by atoms with Crippen LogP contribution in [0.5, 0.6) is 0 Å². The van der Waals surface area contributed by atoms with Gasteiger partial charge in [0.15, 0.2) is 0 Å². The van der Waals surface area contributed by atoms with E-state index in [4.69, 9.17) is 11.6 Å². The Kier molecular flexibility index (Phi) is 5.49. The number of aryl methyl sites for hydroxylation is 1. The molecule has 1 aromatic carbocycles. The molecular formula is C14H20ClNO. The topological polar surface area (TPSA) is 20.3 Å². The number of halogens is 1. The third kappa shape index (κ3) is 4.39. The monoisotopic (exact) mass is 253 g/mol. The summed E-state index contributed by atoms with van der Waals surface area (Å²) in [4.78, 5) is 13.7. The first kappa shape index (κ1) is 14.0. The zero-order valence-corrected chi connectivity index (χ0v) is 11.5. The van der Waals surface area contributed by atoms with Crippen LogP contribution in [0.25, 0.3) is 0 Å². The number of nitrogens with zero attached hydrogens (tertiary/aromatic N) is 1. The van der Waals surface area contributed by atoms with Crippen LogP contribution in [-0.4, -0.2) is 22.7 Å². The Hall–Kier alpha value is -1.02. The summed E-state index contributed by atoms with van der Waals surface area (Å²) in [5.41, 5.74) is 2.38. The Morgan fingerprint density at radius 1 is 1.35 bits per heavy atom. The largest absolute Gasteiger partial charge is 0.337 e. The smallest absolute Gasteiger partial charge is 0.240 e. The Morgan fingerprint density at radius 3 is 2.41 bits per heavy atom. The van der Waals surface area contributed by atoms with Gasteiger partial charge in [-0.05, 0) is 25.8 Å². The lowest BCUT2D eigenvalue weighted by Gasteiger charge is -2.23. The summed E-state index contributed by atoms with van der Waals surface area (Å²) in [6.07, 6.45) is 0.946. The number of rotatable bonds is 5. The molecule has 2 nitrogen and oxygen atoms in total. The van der Waals surface area contributed by atoms with Gasteiger partial charge in [-0.15, -0.1) is 11.6 Å². The third-order valence-corrected chi connectivity index (χ3v) is 2.83. The van der Waals surface area contributed by atoms with E-state index in [0.717, 1.165) is 18.5 Å². The van der Waals surface area contributed by atoms with Gasteiger partial charge in [-0.3, -0.25) is 4.79 Å². The molecule has 94 valence electrons. The van der Waals surface area contributed by atoms with Crippen LogP contribution in [0.3, 0.4) is 0 Å². The molecule has 0 bridgehead atoms. The maximum Gasteiger partial charge on any atom is 0.240 e. The zero-order valence-electron chi connectivity index (χ0n) is 10.7. The normalized spacial score (nSPS) is 12.2. The highest BCUT2D eigenvalue weighted by atomic mass is 35.5. The van der Waals surface area contributed by atoms with Crippen LogP contribution in [0, 0.1) is 6.92 Å². The maximum absolute atomic E-state index is 11.9. The van der Waals surface area contributed by atoms with Crippen molar-refractivity contribution in [1.29, 1.82) is 0 Å². The van der Waals surface area contributed by atoms with Gasteiger partial charge >= 0.3 is 0 Å². The van der Waals surface area contributed by atoms with Crippen LogP contribution < -0.4 is 0 Å². The highest BCUT2D eigenvalue weighted by Gasteiger charge is 2.17. The van der Waals surface area contributed by atoms with E-state index in [2.05, 4.69) is 38.1 Å². The van der Waals surface area contributed by atoms with Crippen molar-refractivity contribution < 1.29 is 4.79 Å². The molecule has 0 saturated carbocycles. The van der Waals surface area contributed by atoms with Crippen LogP contribution in [0.15, 0.2) is 24.3 Å². The molecule has 0 aliphatic rings. The van der Waals surface area contributed by atoms with Crippen molar-refractivity contribution in [2.45, 2.75) is 39.1 Å². The lowest BCUT2D eigenvalue weighted by molar-refractivity contribution is -0.131. The van der Waals surface area contributed by atoms with Gasteiger partial charge in [0.1, 0.15) is 5.38 Å². The van der Waals surface area contributed by atoms with Gasteiger partial charge in [-0.1, -0.05) is 36.8 Å². The standard InChI is InChI=1S/C14H20ClNO/c1-4-9-16(14(17)12(3)15)10-13-7-5-11(2)6-8-13/h5-8,12H,4,9-10H2,1-3H3. The summed E-state index contributed by atoms with van der Waals surface area (Å²) in [6.45, 7) is 7.24. The van der Waals surface area contributed by atoms with Crippen molar-refractivity contribution in [2.75, 3.05) is 6.54 Å². The van der Waals surface area contributed by atoms with Crippen molar-refractivity contribution in [3.63, 3.8) is 0 Å². The second-order valence-electron chi connectivity index (χ2n) is 4.36. The van der Waals surface area contributed by atoms with E-state index in [1.807, 2.05) is 4.90 Å². The molecule has 0 aliphatic carbocycles. The molecule has 0 spiro atoms. The Labute approximate surface area is 109 Å². The number of carbonyl (C=O) groups is 1. The summed E-state index contributed by atoms with van der Waals surface area (Å²) >= 11 is 5.86. The van der Waals surface area contributed by atoms with E-state index in [0.29, 0.717) is 6.54 Å². The van der Waals surface area contributed by atoms with Crippen LogP contribution in [0.1, 0.15) is 31.4 Å². The number of alkyl halides is 1. The number of amides is 1. The zero-order chi connectivity index (χ0) is 12.8. The van der Waals surface area contributed by atoms with Gasteiger partial charge in [0.25, 0.3) is 0 Å². The minimum absolute atomic E-state index is 0.00842. The quantitative estimate of drug-likeness (QED) is 0.737. The molecule has 1 rings (SSSR count). The second-order valence-corrected chi connectivity index (χ2v) is 5.02. The average Bonchev–Trinajstić information content (AvgIpc) is 2.30. The van der Waals surface area contributed by atoms with Crippen molar-refractivity contribution in [3.8, 4) is 0 Å². The molecule has 3 heteroatoms. The number of hydrogen-bond donors (Lipinski definition) is 0. The Balaban J connectivity index is 2.72. The van der Waals surface area contributed by atoms with Crippen molar-refractivity contribution in [1.82, 2.24) is 4.90 Å². The molecule has 0 aromatic heterocycles. The Bertz CT molecular complexity index is 359. The van der Waals surface area contributed by atoms with Crippen LogP contribution in [-0.2, 0) is 11.3 Å². The number of benzene rings is 1. The highest BCUT2D eigenvalue weighted by molar-refractivity contribution is 6.30. The van der Waals surface area contributed by atoms with Crippen LogP contribution in [0.2, 0.25) is 0 Å². The molecule has 0 radical (unpaired) electrons. The first-order valence-corrected chi connectivity index (χ1v) is 6.46. The van der Waals surface area contributed by atoms with E-state index in [-0.39, 0.29) is 5.91 Å². The molecule has 17 heavy (non-hydrogen) atoms. The summed E-state index contributed by atoms with van der Waals surface area (Å²) < 4.78 is 0. The first-order valence-electron chi connectivity index (χ1n) is 6.03. The summed E-state index contributed by atoms with van der Waals surface area (Å²) in [7, 11) is 0. The van der Waals surface area contributed by atoms with E-state index in [9.17, 15) is 4.79 Å². The molecular weight excluding hydrogens is 234 g/mol. The second kappa shape index (κ2) is 6.65. The van der Waals surface area contributed by atoms with Gasteiger partial charge in [0.2, 0.25) is 5.91 Å². The molecule has 1 unspecified atom stereocenters. The predicted octanol–water partition coefficient (Wildman–Crippen LogP) is 3.36. The lowest BCUT2D eigenvalue weighted by Crippen LogP contribution is -2.35. The predicted molar refractivity (Wildman–Crippen MR) is 72.2 cm³/mol. The van der Waals surface area contributed by atoms with E-state index < -0.39 is 5.38 Å². The minimum atomic E-state index is -0.452. The van der Waals surface area contributed by atoms with Crippen LogP contribution in [0.4, 0.5) is 0 Å². The first-order chi connectivity index (χ1) is 8.04. The van der Waals surface area contributed by atoms with Gasteiger partial charge < -0.3 is 4.90 Å². The molecule has 1 atom stereocenters. The fraction of sp³-hybridized carbons (Fsp3) is 0.500. The Morgan fingerprint density at radius 2 is 1.94 bits per heavy atom. The molecule has 0 saturated heterocycles. The molecule has 0 fully saturated rings. The number of hydrogen-bond acceptors (Lipinski definition) is 1. The third-order valence-electron chi connectivity index (χ3n) is 2.64. The van der Waals surface area contributed by atoms with Crippen molar-refractivity contribution in [2.24, 2.45) is 0 Å². The number of carbonyl (C=O) groups excluding carboxylic acids is 1. The molecule has 0 heterocycles. The fourth-order valence-corrected chi connectivity index (χ4v) is 1.84. The molecule has 1 aromatic rings. The minimum Gasteiger partial charge on any atom is -0.337 e. The van der Waals surface area contributed by atoms with Crippen molar-refractivity contribution in [3.05, 3.63) is 35.4 Å². The lowest BCUT2D eigenvalue weighted by atomic mass is 10.1. The van der Waals surface area contributed by atoms with E-state index in [1.165, 1.54) is 5.56 Å². The summed E-state index contributed by atoms with van der Waals surface area (Å²) in [6, 6.07) is 8.25. The van der Waals surface area contributed by atoms with Gasteiger partial charge in [0.05, 0.1) is 0 Å². The van der Waals surface area contributed by atoms with Gasteiger partial charge in [0, 0.05) is 13.1 Å². The fourth-order valence-electron chi connectivity index (χ4n) is 1.70. The van der Waals surface area contributed by atoms with E-state index >= 15 is 0 Å². The van der Waals surface area contributed by atoms with E-state index in [1.54, 1.807) is 6.92 Å². The highest BCUT2D eigenvalue weighted by Crippen LogP contribution is 2.10. The molecule has 1 amide bonds. The van der Waals surface area contributed by atoms with Crippen molar-refractivity contribution >= 4 is 17.5 Å².